The van der Waals surface area contributed by atoms with Crippen LogP contribution < -0.4 is 5.32 Å². The van der Waals surface area contributed by atoms with Gasteiger partial charge in [-0.05, 0) is 12.1 Å². The molecule has 1 N–H and O–H groups in total. The number of aryl methyl sites for hydroxylation is 1. The number of anilines is 1. The number of rotatable bonds is 2. The standard InChI is InChI=1S/C11H8Cl3N3O/c1-17-10(7(13)5-15-17)11(18)16-8-4-2-3-6(12)9(8)14/h2-5H,1H3,(H,16,18). The summed E-state index contributed by atoms with van der Waals surface area (Å²) < 4.78 is 1.39. The maximum atomic E-state index is 12.0. The highest BCUT2D eigenvalue weighted by atomic mass is 35.5. The van der Waals surface area contributed by atoms with Gasteiger partial charge < -0.3 is 5.32 Å². The molecular weight excluding hydrogens is 296 g/mol. The molecule has 0 saturated heterocycles. The van der Waals surface area contributed by atoms with Crippen LogP contribution in [0.4, 0.5) is 5.69 Å². The van der Waals surface area contributed by atoms with Crippen LogP contribution in [0.2, 0.25) is 15.1 Å². The number of amides is 1. The summed E-state index contributed by atoms with van der Waals surface area (Å²) in [6, 6.07) is 4.97. The lowest BCUT2D eigenvalue weighted by Gasteiger charge is -2.08. The quantitative estimate of drug-likeness (QED) is 0.921. The fourth-order valence-electron chi connectivity index (χ4n) is 1.45. The third kappa shape index (κ3) is 2.46. The second-order valence-electron chi connectivity index (χ2n) is 3.52. The zero-order valence-corrected chi connectivity index (χ0v) is 11.5. The second-order valence-corrected chi connectivity index (χ2v) is 4.71. The van der Waals surface area contributed by atoms with Crippen molar-refractivity contribution in [2.45, 2.75) is 0 Å². The van der Waals surface area contributed by atoms with Crippen LogP contribution >= 0.6 is 34.8 Å². The monoisotopic (exact) mass is 303 g/mol. The van der Waals surface area contributed by atoms with Crippen molar-refractivity contribution in [3.05, 3.63) is 45.2 Å². The topological polar surface area (TPSA) is 46.9 Å². The van der Waals surface area contributed by atoms with E-state index in [-0.39, 0.29) is 15.7 Å². The average Bonchev–Trinajstić information content (AvgIpc) is 2.65. The molecule has 1 aromatic carbocycles. The van der Waals surface area contributed by atoms with Gasteiger partial charge in [-0.2, -0.15) is 5.10 Å². The lowest BCUT2D eigenvalue weighted by atomic mass is 10.3. The molecular formula is C11H8Cl3N3O. The highest BCUT2D eigenvalue weighted by Gasteiger charge is 2.17. The molecule has 0 aliphatic carbocycles. The molecule has 2 rings (SSSR count). The number of halogens is 3. The number of hydrogen-bond acceptors (Lipinski definition) is 2. The number of hydrogen-bond donors (Lipinski definition) is 1. The molecule has 7 heteroatoms. The minimum absolute atomic E-state index is 0.257. The van der Waals surface area contributed by atoms with Crippen molar-refractivity contribution in [1.29, 1.82) is 0 Å². The average molecular weight is 305 g/mol. The first-order chi connectivity index (χ1) is 8.50. The second kappa shape index (κ2) is 5.18. The molecule has 0 bridgehead atoms. The van der Waals surface area contributed by atoms with E-state index >= 15 is 0 Å². The number of nitrogens with zero attached hydrogens (tertiary/aromatic N) is 2. The fourth-order valence-corrected chi connectivity index (χ4v) is 2.05. The third-order valence-corrected chi connectivity index (χ3v) is 3.40. The molecule has 0 atom stereocenters. The van der Waals surface area contributed by atoms with Crippen LogP contribution in [0.1, 0.15) is 10.5 Å². The van der Waals surface area contributed by atoms with Gasteiger partial charge in [-0.25, -0.2) is 0 Å². The summed E-state index contributed by atoms with van der Waals surface area (Å²) in [5.74, 6) is -0.399. The Morgan fingerprint density at radius 2 is 2.00 bits per heavy atom. The van der Waals surface area contributed by atoms with Crippen molar-refractivity contribution in [3.63, 3.8) is 0 Å². The zero-order chi connectivity index (χ0) is 13.3. The first-order valence-corrected chi connectivity index (χ1v) is 6.07. The summed E-state index contributed by atoms with van der Waals surface area (Å²) in [5.41, 5.74) is 0.680. The van der Waals surface area contributed by atoms with E-state index in [0.29, 0.717) is 10.7 Å². The highest BCUT2D eigenvalue weighted by molar-refractivity contribution is 6.44. The molecule has 0 fully saturated rings. The van der Waals surface area contributed by atoms with Gasteiger partial charge in [-0.1, -0.05) is 40.9 Å². The van der Waals surface area contributed by atoms with E-state index in [1.54, 1.807) is 25.2 Å². The summed E-state index contributed by atoms with van der Waals surface area (Å²) in [6.07, 6.45) is 1.40. The van der Waals surface area contributed by atoms with Crippen LogP contribution in [-0.2, 0) is 7.05 Å². The summed E-state index contributed by atoms with van der Waals surface area (Å²) in [7, 11) is 1.63. The van der Waals surface area contributed by atoms with Gasteiger partial charge in [0.25, 0.3) is 5.91 Å². The van der Waals surface area contributed by atoms with Crippen molar-refractivity contribution in [2.24, 2.45) is 7.05 Å². The Bertz CT molecular complexity index is 590. The molecule has 0 aliphatic rings. The highest BCUT2D eigenvalue weighted by Crippen LogP contribution is 2.30. The Hall–Kier alpha value is -1.23. The van der Waals surface area contributed by atoms with E-state index in [4.69, 9.17) is 34.8 Å². The first kappa shape index (κ1) is 13.2. The van der Waals surface area contributed by atoms with E-state index in [9.17, 15) is 4.79 Å². The van der Waals surface area contributed by atoms with Gasteiger partial charge in [0.2, 0.25) is 0 Å². The maximum Gasteiger partial charge on any atom is 0.275 e. The van der Waals surface area contributed by atoms with Gasteiger partial charge in [0, 0.05) is 7.05 Å². The molecule has 1 heterocycles. The molecule has 94 valence electrons. The predicted molar refractivity (Wildman–Crippen MR) is 72.6 cm³/mol. The van der Waals surface area contributed by atoms with Crippen LogP contribution in [-0.4, -0.2) is 15.7 Å². The first-order valence-electron chi connectivity index (χ1n) is 4.93. The maximum absolute atomic E-state index is 12.0. The van der Waals surface area contributed by atoms with Gasteiger partial charge in [0.05, 0.1) is 27.0 Å². The lowest BCUT2D eigenvalue weighted by molar-refractivity contribution is 0.101. The van der Waals surface area contributed by atoms with Gasteiger partial charge in [0.15, 0.2) is 0 Å². The molecule has 0 spiro atoms. The molecule has 18 heavy (non-hydrogen) atoms. The molecule has 2 aromatic rings. The molecule has 0 radical (unpaired) electrons. The summed E-state index contributed by atoms with van der Waals surface area (Å²) in [4.78, 5) is 12.0. The Kier molecular flexibility index (Phi) is 3.80. The smallest absolute Gasteiger partial charge is 0.275 e. The van der Waals surface area contributed by atoms with E-state index in [1.807, 2.05) is 0 Å². The normalized spacial score (nSPS) is 10.4. The van der Waals surface area contributed by atoms with Gasteiger partial charge in [-0.15, -0.1) is 0 Å². The summed E-state index contributed by atoms with van der Waals surface area (Å²) in [6.45, 7) is 0. The van der Waals surface area contributed by atoms with Crippen LogP contribution in [0.25, 0.3) is 0 Å². The van der Waals surface area contributed by atoms with Crippen LogP contribution in [0.5, 0.6) is 0 Å². The SMILES string of the molecule is Cn1ncc(Cl)c1C(=O)Nc1cccc(Cl)c1Cl. The van der Waals surface area contributed by atoms with Gasteiger partial charge in [0.1, 0.15) is 5.69 Å². The Morgan fingerprint density at radius 3 is 2.61 bits per heavy atom. The van der Waals surface area contributed by atoms with Crippen molar-refractivity contribution in [3.8, 4) is 0 Å². The van der Waals surface area contributed by atoms with Crippen molar-refractivity contribution in [2.75, 3.05) is 5.32 Å². The third-order valence-electron chi connectivity index (χ3n) is 2.31. The van der Waals surface area contributed by atoms with E-state index < -0.39 is 5.91 Å². The summed E-state index contributed by atoms with van der Waals surface area (Å²) in [5, 5.41) is 7.44. The van der Waals surface area contributed by atoms with Crippen molar-refractivity contribution < 1.29 is 4.79 Å². The number of nitrogens with one attached hydrogen (secondary N) is 1. The van der Waals surface area contributed by atoms with Crippen LogP contribution in [0.3, 0.4) is 0 Å². The number of aromatic nitrogens is 2. The summed E-state index contributed by atoms with van der Waals surface area (Å²) >= 11 is 17.7. The van der Waals surface area contributed by atoms with Crippen molar-refractivity contribution >= 4 is 46.4 Å². The van der Waals surface area contributed by atoms with E-state index in [2.05, 4.69) is 10.4 Å². The Morgan fingerprint density at radius 1 is 1.28 bits per heavy atom. The van der Waals surface area contributed by atoms with Crippen LogP contribution in [0, 0.1) is 0 Å². The number of benzene rings is 1. The molecule has 0 saturated carbocycles. The molecule has 1 amide bonds. The number of carbonyl (C=O) groups is 1. The fraction of sp³-hybridized carbons (Fsp3) is 0.0909. The molecule has 0 unspecified atom stereocenters. The predicted octanol–water partition coefficient (Wildman–Crippen LogP) is 3.63. The van der Waals surface area contributed by atoms with Gasteiger partial charge in [-0.3, -0.25) is 9.48 Å². The lowest BCUT2D eigenvalue weighted by Crippen LogP contribution is -2.16. The van der Waals surface area contributed by atoms with Crippen LogP contribution in [0.15, 0.2) is 24.4 Å². The van der Waals surface area contributed by atoms with Crippen molar-refractivity contribution in [1.82, 2.24) is 9.78 Å². The largest absolute Gasteiger partial charge is 0.319 e. The molecule has 4 nitrogen and oxygen atoms in total. The zero-order valence-electron chi connectivity index (χ0n) is 9.25. The van der Waals surface area contributed by atoms with E-state index in [0.717, 1.165) is 0 Å². The number of carbonyl (C=O) groups excluding carboxylic acids is 1. The van der Waals surface area contributed by atoms with Gasteiger partial charge >= 0.3 is 0 Å². The minimum Gasteiger partial charge on any atom is -0.319 e. The Labute approximate surface area is 118 Å². The minimum atomic E-state index is -0.399. The Balaban J connectivity index is 2.30. The molecule has 0 aliphatic heterocycles. The molecule has 1 aromatic heterocycles. The van der Waals surface area contributed by atoms with E-state index in [1.165, 1.54) is 10.9 Å².